The van der Waals surface area contributed by atoms with Crippen molar-refractivity contribution in [2.45, 2.75) is 0 Å². The number of hydrogen-bond donors (Lipinski definition) is 2. The number of nitro benzene ring substituents is 2. The molecule has 0 unspecified atom stereocenters. The Morgan fingerprint density at radius 2 is 1.73 bits per heavy atom. The summed E-state index contributed by atoms with van der Waals surface area (Å²) in [5, 5.41) is 26.5. The summed E-state index contributed by atoms with van der Waals surface area (Å²) in [5.41, 5.74) is -0.210. The number of anilines is 1. The van der Waals surface area contributed by atoms with Crippen LogP contribution in [0.25, 0.3) is 0 Å². The zero-order valence-corrected chi connectivity index (χ0v) is 14.1. The van der Waals surface area contributed by atoms with E-state index in [2.05, 4.69) is 10.6 Å². The van der Waals surface area contributed by atoms with Crippen molar-refractivity contribution in [1.82, 2.24) is 5.32 Å². The van der Waals surface area contributed by atoms with E-state index in [0.717, 1.165) is 6.07 Å². The number of amides is 1. The molecule has 2 N–H and O–H groups in total. The number of benzene rings is 2. The topological polar surface area (TPSA) is 137 Å². The van der Waals surface area contributed by atoms with Crippen LogP contribution < -0.4 is 15.4 Å². The highest BCUT2D eigenvalue weighted by Gasteiger charge is 2.15. The first-order valence-electron chi connectivity index (χ1n) is 7.01. The summed E-state index contributed by atoms with van der Waals surface area (Å²) in [6.07, 6.45) is 0. The third-order valence-electron chi connectivity index (χ3n) is 3.19. The smallest absolute Gasteiger partial charge is 0.271 e. The number of thiocarbonyl (C=S) groups is 1. The Kier molecular flexibility index (Phi) is 5.75. The summed E-state index contributed by atoms with van der Waals surface area (Å²) in [6, 6.07) is 8.95. The van der Waals surface area contributed by atoms with Gasteiger partial charge in [-0.05, 0) is 24.4 Å². The minimum absolute atomic E-state index is 0.0364. The second-order valence-electron chi connectivity index (χ2n) is 4.86. The van der Waals surface area contributed by atoms with Crippen molar-refractivity contribution in [2.75, 3.05) is 12.4 Å². The van der Waals surface area contributed by atoms with E-state index in [1.807, 2.05) is 0 Å². The van der Waals surface area contributed by atoms with E-state index in [9.17, 15) is 25.0 Å². The summed E-state index contributed by atoms with van der Waals surface area (Å²) in [6.45, 7) is 0. The number of hydrogen-bond acceptors (Lipinski definition) is 7. The van der Waals surface area contributed by atoms with Crippen molar-refractivity contribution in [2.24, 2.45) is 0 Å². The van der Waals surface area contributed by atoms with Gasteiger partial charge in [0.05, 0.1) is 22.6 Å². The number of rotatable bonds is 5. The number of nitro groups is 2. The van der Waals surface area contributed by atoms with Crippen LogP contribution in [0.4, 0.5) is 17.1 Å². The van der Waals surface area contributed by atoms with E-state index in [1.165, 1.54) is 43.5 Å². The molecular weight excluding hydrogens is 364 g/mol. The van der Waals surface area contributed by atoms with Gasteiger partial charge in [-0.2, -0.15) is 0 Å². The van der Waals surface area contributed by atoms with Gasteiger partial charge in [0.2, 0.25) is 0 Å². The lowest BCUT2D eigenvalue weighted by atomic mass is 10.2. The van der Waals surface area contributed by atoms with Gasteiger partial charge in [-0.3, -0.25) is 30.3 Å². The lowest BCUT2D eigenvalue weighted by molar-refractivity contribution is -0.385. The standard InChI is InChI=1S/C15H12N4O6S/c1-25-13-6-5-11(19(23)24)8-12(13)16-15(26)17-14(20)9-3-2-4-10(7-9)18(21)22/h2-8H,1H3,(H2,16,17,20,26). The minimum Gasteiger partial charge on any atom is -0.495 e. The van der Waals surface area contributed by atoms with Gasteiger partial charge in [0, 0.05) is 29.8 Å². The maximum absolute atomic E-state index is 12.1. The quantitative estimate of drug-likeness (QED) is 0.461. The Balaban J connectivity index is 2.14. The van der Waals surface area contributed by atoms with Crippen molar-refractivity contribution in [3.05, 3.63) is 68.3 Å². The minimum atomic E-state index is -0.671. The Labute approximate surface area is 152 Å². The Bertz CT molecular complexity index is 901. The molecule has 2 aromatic rings. The second kappa shape index (κ2) is 7.98. The zero-order chi connectivity index (χ0) is 19.3. The van der Waals surface area contributed by atoms with Crippen LogP contribution in [0.5, 0.6) is 5.75 Å². The van der Waals surface area contributed by atoms with E-state index >= 15 is 0 Å². The molecule has 11 heteroatoms. The molecule has 0 bridgehead atoms. The molecule has 0 fully saturated rings. The summed E-state index contributed by atoms with van der Waals surface area (Å²) in [7, 11) is 1.37. The molecule has 0 heterocycles. The number of carbonyl (C=O) groups is 1. The normalized spacial score (nSPS) is 9.88. The van der Waals surface area contributed by atoms with Crippen LogP contribution in [0, 0.1) is 20.2 Å². The van der Waals surface area contributed by atoms with Crippen LogP contribution in [-0.2, 0) is 0 Å². The number of methoxy groups -OCH3 is 1. The number of non-ortho nitro benzene ring substituents is 2. The highest BCUT2D eigenvalue weighted by Crippen LogP contribution is 2.28. The molecule has 0 saturated heterocycles. The van der Waals surface area contributed by atoms with Gasteiger partial charge >= 0.3 is 0 Å². The predicted octanol–water partition coefficient (Wildman–Crippen LogP) is 2.64. The molecule has 0 spiro atoms. The maximum Gasteiger partial charge on any atom is 0.271 e. The lowest BCUT2D eigenvalue weighted by Crippen LogP contribution is -2.34. The molecule has 0 aliphatic rings. The van der Waals surface area contributed by atoms with Crippen LogP contribution >= 0.6 is 12.2 Å². The van der Waals surface area contributed by atoms with Gasteiger partial charge in [0.25, 0.3) is 17.3 Å². The molecular formula is C15H12N4O6S. The van der Waals surface area contributed by atoms with Crippen molar-refractivity contribution >= 4 is 40.3 Å². The van der Waals surface area contributed by atoms with Crippen LogP contribution in [0.15, 0.2) is 42.5 Å². The monoisotopic (exact) mass is 376 g/mol. The van der Waals surface area contributed by atoms with Crippen LogP contribution in [-0.4, -0.2) is 28.0 Å². The van der Waals surface area contributed by atoms with Gasteiger partial charge in [0.1, 0.15) is 5.75 Å². The van der Waals surface area contributed by atoms with Crippen molar-refractivity contribution < 1.29 is 19.4 Å². The fourth-order valence-electron chi connectivity index (χ4n) is 2.00. The van der Waals surface area contributed by atoms with Crippen molar-refractivity contribution in [1.29, 1.82) is 0 Å². The van der Waals surface area contributed by atoms with E-state index < -0.39 is 15.8 Å². The average Bonchev–Trinajstić information content (AvgIpc) is 2.61. The van der Waals surface area contributed by atoms with Crippen LogP contribution in [0.2, 0.25) is 0 Å². The first-order valence-corrected chi connectivity index (χ1v) is 7.42. The Hall–Kier alpha value is -3.60. The summed E-state index contributed by atoms with van der Waals surface area (Å²) < 4.78 is 5.08. The molecule has 0 saturated carbocycles. The number of nitrogens with zero attached hydrogens (tertiary/aromatic N) is 2. The molecule has 0 atom stereocenters. The molecule has 2 aromatic carbocycles. The average molecular weight is 376 g/mol. The highest BCUT2D eigenvalue weighted by molar-refractivity contribution is 7.80. The Morgan fingerprint density at radius 3 is 2.35 bits per heavy atom. The third kappa shape index (κ3) is 4.48. The number of ether oxygens (including phenoxy) is 1. The fourth-order valence-corrected chi connectivity index (χ4v) is 2.20. The number of carbonyl (C=O) groups excluding carboxylic acids is 1. The second-order valence-corrected chi connectivity index (χ2v) is 5.27. The first kappa shape index (κ1) is 18.7. The molecule has 2 rings (SSSR count). The van der Waals surface area contributed by atoms with Gasteiger partial charge in [-0.1, -0.05) is 6.07 Å². The van der Waals surface area contributed by atoms with Gasteiger partial charge < -0.3 is 10.1 Å². The van der Waals surface area contributed by atoms with E-state index in [-0.39, 0.29) is 33.5 Å². The van der Waals surface area contributed by atoms with E-state index in [0.29, 0.717) is 0 Å². The Morgan fingerprint density at radius 1 is 1.08 bits per heavy atom. The largest absolute Gasteiger partial charge is 0.495 e. The molecule has 10 nitrogen and oxygen atoms in total. The first-order chi connectivity index (χ1) is 12.3. The van der Waals surface area contributed by atoms with Gasteiger partial charge in [-0.15, -0.1) is 0 Å². The third-order valence-corrected chi connectivity index (χ3v) is 3.39. The van der Waals surface area contributed by atoms with E-state index in [4.69, 9.17) is 17.0 Å². The molecule has 0 radical (unpaired) electrons. The fraction of sp³-hybridized carbons (Fsp3) is 0.0667. The zero-order valence-electron chi connectivity index (χ0n) is 13.3. The van der Waals surface area contributed by atoms with Crippen molar-refractivity contribution in [3.63, 3.8) is 0 Å². The summed E-state index contributed by atoms with van der Waals surface area (Å²) in [5.74, 6) is -0.391. The molecule has 26 heavy (non-hydrogen) atoms. The van der Waals surface area contributed by atoms with Crippen LogP contribution in [0.1, 0.15) is 10.4 Å². The molecule has 0 aliphatic carbocycles. The molecule has 0 aliphatic heterocycles. The summed E-state index contributed by atoms with van der Waals surface area (Å²) >= 11 is 5.01. The highest BCUT2D eigenvalue weighted by atomic mass is 32.1. The van der Waals surface area contributed by atoms with Crippen molar-refractivity contribution in [3.8, 4) is 5.75 Å². The SMILES string of the molecule is COc1ccc([N+](=O)[O-])cc1NC(=S)NC(=O)c1cccc([N+](=O)[O-])c1. The van der Waals surface area contributed by atoms with Crippen LogP contribution in [0.3, 0.4) is 0 Å². The van der Waals surface area contributed by atoms with Gasteiger partial charge in [-0.25, -0.2) is 0 Å². The number of nitrogens with one attached hydrogen (secondary N) is 2. The molecule has 134 valence electrons. The molecule has 1 amide bonds. The van der Waals surface area contributed by atoms with Gasteiger partial charge in [0.15, 0.2) is 5.11 Å². The predicted molar refractivity (Wildman–Crippen MR) is 96.4 cm³/mol. The lowest BCUT2D eigenvalue weighted by Gasteiger charge is -2.12. The maximum atomic E-state index is 12.1. The van der Waals surface area contributed by atoms with E-state index in [1.54, 1.807) is 0 Å². The summed E-state index contributed by atoms with van der Waals surface area (Å²) in [4.78, 5) is 32.6. The molecule has 0 aromatic heterocycles.